The molecule has 6 nitrogen and oxygen atoms in total. The number of hydrogen-bond acceptors (Lipinski definition) is 6. The number of nitrogens with one attached hydrogen (secondary N) is 1. The van der Waals surface area contributed by atoms with Crippen LogP contribution in [0, 0.1) is 5.92 Å². The standard InChI is InChI=1S/C10H17N5OS/c1-2-3-7-4-9(16)15(5-7)6-8-10(12-11)17-14-13-8/h7,12H,2-6,11H2,1H3. The number of rotatable bonds is 5. The number of likely N-dealkylation sites (tertiary alicyclic amines) is 1. The molecule has 0 saturated carbocycles. The Morgan fingerprint density at radius 2 is 2.47 bits per heavy atom. The van der Waals surface area contributed by atoms with Gasteiger partial charge in [0, 0.05) is 24.5 Å². The Bertz CT molecular complexity index is 394. The maximum atomic E-state index is 11.8. The molecule has 1 atom stereocenters. The third-order valence-corrected chi connectivity index (χ3v) is 3.72. The summed E-state index contributed by atoms with van der Waals surface area (Å²) in [4.78, 5) is 13.7. The molecule has 1 saturated heterocycles. The molecule has 3 N–H and O–H groups in total. The average molecular weight is 255 g/mol. The van der Waals surface area contributed by atoms with Gasteiger partial charge in [0.15, 0.2) is 0 Å². The van der Waals surface area contributed by atoms with Gasteiger partial charge >= 0.3 is 0 Å². The first kappa shape index (κ1) is 12.3. The molecule has 0 bridgehead atoms. The Morgan fingerprint density at radius 3 is 3.18 bits per heavy atom. The van der Waals surface area contributed by atoms with Gasteiger partial charge in [-0.15, -0.1) is 5.10 Å². The molecular formula is C10H17N5OS. The van der Waals surface area contributed by atoms with E-state index in [-0.39, 0.29) is 5.91 Å². The SMILES string of the molecule is CCCC1CC(=O)N(Cc2nnsc2NN)C1. The summed E-state index contributed by atoms with van der Waals surface area (Å²) in [5, 5.41) is 4.72. The molecule has 7 heteroatoms. The van der Waals surface area contributed by atoms with Crippen LogP contribution >= 0.6 is 11.5 Å². The molecule has 0 radical (unpaired) electrons. The molecule has 94 valence electrons. The Hall–Kier alpha value is -1.21. The molecule has 1 aromatic heterocycles. The molecule has 1 amide bonds. The van der Waals surface area contributed by atoms with Crippen molar-refractivity contribution in [2.75, 3.05) is 12.0 Å². The van der Waals surface area contributed by atoms with Crippen molar-refractivity contribution in [3.63, 3.8) is 0 Å². The van der Waals surface area contributed by atoms with Crippen molar-refractivity contribution in [2.45, 2.75) is 32.7 Å². The second-order valence-electron chi connectivity index (χ2n) is 4.33. The number of anilines is 1. The van der Waals surface area contributed by atoms with Gasteiger partial charge in [0.2, 0.25) is 5.91 Å². The Balaban J connectivity index is 1.98. The lowest BCUT2D eigenvalue weighted by Gasteiger charge is -2.15. The summed E-state index contributed by atoms with van der Waals surface area (Å²) in [7, 11) is 0. The van der Waals surface area contributed by atoms with Crippen LogP contribution in [0.5, 0.6) is 0 Å². The van der Waals surface area contributed by atoms with Crippen molar-refractivity contribution in [1.82, 2.24) is 14.5 Å². The highest BCUT2D eigenvalue weighted by molar-refractivity contribution is 7.10. The highest BCUT2D eigenvalue weighted by atomic mass is 32.1. The lowest BCUT2D eigenvalue weighted by atomic mass is 10.0. The van der Waals surface area contributed by atoms with Gasteiger partial charge in [-0.2, -0.15) is 0 Å². The van der Waals surface area contributed by atoms with Crippen LogP contribution in [0.15, 0.2) is 0 Å². The number of nitrogens with zero attached hydrogens (tertiary/aromatic N) is 3. The van der Waals surface area contributed by atoms with E-state index >= 15 is 0 Å². The molecule has 1 unspecified atom stereocenters. The third-order valence-electron chi connectivity index (χ3n) is 3.02. The van der Waals surface area contributed by atoms with Crippen LogP contribution in [0.25, 0.3) is 0 Å². The van der Waals surface area contributed by atoms with E-state index in [2.05, 4.69) is 21.9 Å². The van der Waals surface area contributed by atoms with E-state index in [1.165, 1.54) is 11.5 Å². The van der Waals surface area contributed by atoms with E-state index in [1.54, 1.807) is 0 Å². The van der Waals surface area contributed by atoms with Crippen molar-refractivity contribution in [2.24, 2.45) is 11.8 Å². The predicted molar refractivity (Wildman–Crippen MR) is 66.2 cm³/mol. The average Bonchev–Trinajstić information content (AvgIpc) is 2.88. The first-order valence-corrected chi connectivity index (χ1v) is 6.57. The lowest BCUT2D eigenvalue weighted by Crippen LogP contribution is -2.25. The number of nitrogens with two attached hydrogens (primary N) is 1. The molecule has 17 heavy (non-hydrogen) atoms. The molecule has 0 aliphatic carbocycles. The van der Waals surface area contributed by atoms with E-state index in [1.807, 2.05) is 4.90 Å². The van der Waals surface area contributed by atoms with Crippen LogP contribution in [0.4, 0.5) is 5.00 Å². The highest BCUT2D eigenvalue weighted by Gasteiger charge is 2.29. The van der Waals surface area contributed by atoms with Crippen LogP contribution in [0.2, 0.25) is 0 Å². The number of hydrazine groups is 1. The lowest BCUT2D eigenvalue weighted by molar-refractivity contribution is -0.128. The summed E-state index contributed by atoms with van der Waals surface area (Å²) in [5.41, 5.74) is 3.31. The predicted octanol–water partition coefficient (Wildman–Crippen LogP) is 0.972. The summed E-state index contributed by atoms with van der Waals surface area (Å²) in [5.74, 6) is 6.06. The van der Waals surface area contributed by atoms with Crippen molar-refractivity contribution in [3.05, 3.63) is 5.69 Å². The highest BCUT2D eigenvalue weighted by Crippen LogP contribution is 2.25. The minimum Gasteiger partial charge on any atom is -0.336 e. The number of amides is 1. The Labute approximate surface area is 104 Å². The van der Waals surface area contributed by atoms with Crippen LogP contribution in [0.1, 0.15) is 31.9 Å². The van der Waals surface area contributed by atoms with Gasteiger partial charge in [-0.1, -0.05) is 17.8 Å². The maximum absolute atomic E-state index is 11.8. The molecular weight excluding hydrogens is 238 g/mol. The van der Waals surface area contributed by atoms with Gasteiger partial charge in [0.1, 0.15) is 10.7 Å². The monoisotopic (exact) mass is 255 g/mol. The van der Waals surface area contributed by atoms with Gasteiger partial charge in [0.05, 0.1) is 6.54 Å². The van der Waals surface area contributed by atoms with E-state index in [9.17, 15) is 4.79 Å². The van der Waals surface area contributed by atoms with Gasteiger partial charge in [-0.3, -0.25) is 4.79 Å². The van der Waals surface area contributed by atoms with E-state index in [4.69, 9.17) is 5.84 Å². The third kappa shape index (κ3) is 2.73. The normalized spacial score (nSPS) is 20.0. The molecule has 2 rings (SSSR count). The fourth-order valence-corrected chi connectivity index (χ4v) is 2.70. The molecule has 1 aliphatic heterocycles. The zero-order chi connectivity index (χ0) is 12.3. The fraction of sp³-hybridized carbons (Fsp3) is 0.700. The number of carbonyl (C=O) groups is 1. The molecule has 0 spiro atoms. The van der Waals surface area contributed by atoms with Crippen molar-refractivity contribution in [1.29, 1.82) is 0 Å². The summed E-state index contributed by atoms with van der Waals surface area (Å²) < 4.78 is 3.83. The minimum atomic E-state index is 0.208. The van der Waals surface area contributed by atoms with Gasteiger partial charge in [-0.25, -0.2) is 5.84 Å². The van der Waals surface area contributed by atoms with Gasteiger partial charge in [-0.05, 0) is 12.3 Å². The van der Waals surface area contributed by atoms with E-state index in [0.29, 0.717) is 18.9 Å². The minimum absolute atomic E-state index is 0.208. The van der Waals surface area contributed by atoms with Crippen molar-refractivity contribution < 1.29 is 4.79 Å². The van der Waals surface area contributed by atoms with Crippen LogP contribution in [-0.2, 0) is 11.3 Å². The number of carbonyl (C=O) groups excluding carboxylic acids is 1. The van der Waals surface area contributed by atoms with Crippen LogP contribution in [-0.4, -0.2) is 26.9 Å². The van der Waals surface area contributed by atoms with E-state index < -0.39 is 0 Å². The molecule has 1 aliphatic rings. The number of hydrogen-bond donors (Lipinski definition) is 2. The van der Waals surface area contributed by atoms with Crippen LogP contribution in [0.3, 0.4) is 0 Å². The second-order valence-corrected chi connectivity index (χ2v) is 5.08. The Morgan fingerprint density at radius 1 is 1.65 bits per heavy atom. The molecule has 1 fully saturated rings. The molecule has 1 aromatic rings. The zero-order valence-corrected chi connectivity index (χ0v) is 10.7. The summed E-state index contributed by atoms with van der Waals surface area (Å²) in [6, 6.07) is 0. The summed E-state index contributed by atoms with van der Waals surface area (Å²) in [6.07, 6.45) is 2.90. The largest absolute Gasteiger partial charge is 0.336 e. The number of nitrogen functional groups attached to an aromatic ring is 1. The summed E-state index contributed by atoms with van der Waals surface area (Å²) >= 11 is 1.21. The maximum Gasteiger partial charge on any atom is 0.223 e. The van der Waals surface area contributed by atoms with Crippen LogP contribution < -0.4 is 11.3 Å². The quantitative estimate of drug-likeness (QED) is 0.605. The van der Waals surface area contributed by atoms with Crippen molar-refractivity contribution >= 4 is 22.4 Å². The Kier molecular flexibility index (Phi) is 3.90. The first-order chi connectivity index (χ1) is 8.24. The molecule has 2 heterocycles. The zero-order valence-electron chi connectivity index (χ0n) is 9.85. The summed E-state index contributed by atoms with van der Waals surface area (Å²) in [6.45, 7) is 3.48. The van der Waals surface area contributed by atoms with Gasteiger partial charge in [0.25, 0.3) is 0 Å². The fourth-order valence-electron chi connectivity index (χ4n) is 2.21. The molecule has 0 aromatic carbocycles. The second kappa shape index (κ2) is 5.42. The van der Waals surface area contributed by atoms with Crippen molar-refractivity contribution in [3.8, 4) is 0 Å². The number of aromatic nitrogens is 2. The van der Waals surface area contributed by atoms with Gasteiger partial charge < -0.3 is 10.3 Å². The van der Waals surface area contributed by atoms with E-state index in [0.717, 1.165) is 30.1 Å². The topological polar surface area (TPSA) is 84.1 Å². The smallest absolute Gasteiger partial charge is 0.223 e. The first-order valence-electron chi connectivity index (χ1n) is 5.80.